The molecule has 1 aliphatic carbocycles. The molecule has 1 N–H and O–H groups in total. The van der Waals surface area contributed by atoms with Crippen LogP contribution in [0.1, 0.15) is 42.5 Å². The zero-order valence-corrected chi connectivity index (χ0v) is 12.4. The topological polar surface area (TPSA) is 30.5 Å². The monoisotopic (exact) mass is 275 g/mol. The van der Waals surface area contributed by atoms with Crippen molar-refractivity contribution in [2.24, 2.45) is 0 Å². The van der Waals surface area contributed by atoms with Crippen LogP contribution in [0.4, 0.5) is 0 Å². The Hall–Kier alpha value is -0.900. The Labute approximate surface area is 121 Å². The van der Waals surface area contributed by atoms with E-state index in [0.29, 0.717) is 13.2 Å². The first-order chi connectivity index (χ1) is 9.88. The van der Waals surface area contributed by atoms with Crippen LogP contribution in [0.2, 0.25) is 0 Å². The van der Waals surface area contributed by atoms with Gasteiger partial charge in [-0.15, -0.1) is 0 Å². The van der Waals surface area contributed by atoms with Gasteiger partial charge in [0, 0.05) is 0 Å². The number of nitrogens with one attached hydrogen (secondary N) is 1. The van der Waals surface area contributed by atoms with Crippen LogP contribution in [0, 0.1) is 0 Å². The summed E-state index contributed by atoms with van der Waals surface area (Å²) in [5.41, 5.74) is 4.42. The maximum atomic E-state index is 5.92. The molecule has 110 valence electrons. The maximum Gasteiger partial charge on any atom is 0.100 e. The zero-order valence-electron chi connectivity index (χ0n) is 12.4. The van der Waals surface area contributed by atoms with E-state index in [-0.39, 0.29) is 12.1 Å². The first kappa shape index (κ1) is 14.1. The van der Waals surface area contributed by atoms with Gasteiger partial charge in [0.25, 0.3) is 0 Å². The first-order valence-corrected chi connectivity index (χ1v) is 7.93. The third-order valence-electron chi connectivity index (χ3n) is 4.31. The Bertz CT molecular complexity index is 441. The number of hydrogen-bond donors (Lipinski definition) is 1. The predicted octanol–water partition coefficient (Wildman–Crippen LogP) is 2.63. The van der Waals surface area contributed by atoms with Crippen molar-refractivity contribution in [2.75, 3.05) is 26.4 Å². The largest absolute Gasteiger partial charge is 0.376 e. The molecular formula is C17H25NO2. The summed E-state index contributed by atoms with van der Waals surface area (Å²) in [4.78, 5) is 0. The average Bonchev–Trinajstić information content (AvgIpc) is 2.96. The van der Waals surface area contributed by atoms with Gasteiger partial charge in [0.2, 0.25) is 0 Å². The van der Waals surface area contributed by atoms with E-state index in [1.807, 2.05) is 0 Å². The van der Waals surface area contributed by atoms with Crippen molar-refractivity contribution < 1.29 is 9.47 Å². The van der Waals surface area contributed by atoms with Gasteiger partial charge < -0.3 is 14.8 Å². The normalized spacial score (nSPS) is 23.6. The molecule has 0 bridgehead atoms. The molecule has 2 atom stereocenters. The molecule has 0 saturated carbocycles. The van der Waals surface area contributed by atoms with Crippen LogP contribution < -0.4 is 5.32 Å². The van der Waals surface area contributed by atoms with Gasteiger partial charge >= 0.3 is 0 Å². The van der Waals surface area contributed by atoms with E-state index in [1.54, 1.807) is 0 Å². The molecule has 1 heterocycles. The van der Waals surface area contributed by atoms with Crippen molar-refractivity contribution >= 4 is 0 Å². The Balaban J connectivity index is 1.80. The van der Waals surface area contributed by atoms with Crippen LogP contribution in [0.15, 0.2) is 18.2 Å². The van der Waals surface area contributed by atoms with Crippen LogP contribution in [0.25, 0.3) is 0 Å². The lowest BCUT2D eigenvalue weighted by Crippen LogP contribution is -2.40. The maximum absolute atomic E-state index is 5.92. The standard InChI is InChI=1S/C17H25NO2/c1-2-8-18-17(16-12-19-9-10-20-16)15-7-6-13-4-3-5-14(13)11-15/h6-7,11,16-18H,2-5,8-10,12H2,1H3. The van der Waals surface area contributed by atoms with Crippen molar-refractivity contribution in [3.63, 3.8) is 0 Å². The molecule has 1 aromatic rings. The predicted molar refractivity (Wildman–Crippen MR) is 80.1 cm³/mol. The van der Waals surface area contributed by atoms with Gasteiger partial charge in [-0.2, -0.15) is 0 Å². The number of ether oxygens (including phenoxy) is 2. The summed E-state index contributed by atoms with van der Waals surface area (Å²) in [6.07, 6.45) is 5.04. The molecule has 0 spiro atoms. The minimum atomic E-state index is 0.134. The van der Waals surface area contributed by atoms with Gasteiger partial charge in [0.15, 0.2) is 0 Å². The van der Waals surface area contributed by atoms with Gasteiger partial charge in [-0.05, 0) is 48.9 Å². The van der Waals surface area contributed by atoms with Crippen LogP contribution in [-0.4, -0.2) is 32.5 Å². The lowest BCUT2D eigenvalue weighted by molar-refractivity contribution is -0.102. The Morgan fingerprint density at radius 3 is 2.95 bits per heavy atom. The van der Waals surface area contributed by atoms with Crippen LogP contribution >= 0.6 is 0 Å². The molecule has 3 nitrogen and oxygen atoms in total. The van der Waals surface area contributed by atoms with Gasteiger partial charge in [-0.25, -0.2) is 0 Å². The minimum absolute atomic E-state index is 0.134. The summed E-state index contributed by atoms with van der Waals surface area (Å²) in [5.74, 6) is 0. The van der Waals surface area contributed by atoms with Crippen molar-refractivity contribution in [3.05, 3.63) is 34.9 Å². The first-order valence-electron chi connectivity index (χ1n) is 7.93. The lowest BCUT2D eigenvalue weighted by atomic mass is 9.97. The van der Waals surface area contributed by atoms with Crippen LogP contribution in [0.3, 0.4) is 0 Å². The van der Waals surface area contributed by atoms with Crippen LogP contribution in [-0.2, 0) is 22.3 Å². The van der Waals surface area contributed by atoms with E-state index in [4.69, 9.17) is 9.47 Å². The Morgan fingerprint density at radius 2 is 2.15 bits per heavy atom. The second kappa shape index (κ2) is 6.70. The van der Waals surface area contributed by atoms with Gasteiger partial charge in [-0.1, -0.05) is 25.1 Å². The fraction of sp³-hybridized carbons (Fsp3) is 0.647. The average molecular weight is 275 g/mol. The highest BCUT2D eigenvalue weighted by atomic mass is 16.6. The molecule has 2 unspecified atom stereocenters. The summed E-state index contributed by atoms with van der Waals surface area (Å²) in [5, 5.41) is 3.64. The number of hydrogen-bond acceptors (Lipinski definition) is 3. The summed E-state index contributed by atoms with van der Waals surface area (Å²) in [6, 6.07) is 7.21. The Morgan fingerprint density at radius 1 is 1.25 bits per heavy atom. The smallest absolute Gasteiger partial charge is 0.100 e. The van der Waals surface area contributed by atoms with Crippen LogP contribution in [0.5, 0.6) is 0 Å². The highest BCUT2D eigenvalue weighted by Crippen LogP contribution is 2.28. The Kier molecular flexibility index (Phi) is 4.71. The molecule has 0 amide bonds. The molecule has 0 radical (unpaired) electrons. The fourth-order valence-corrected chi connectivity index (χ4v) is 3.25. The number of aryl methyl sites for hydroxylation is 2. The van der Waals surface area contributed by atoms with Crippen molar-refractivity contribution in [3.8, 4) is 0 Å². The van der Waals surface area contributed by atoms with Crippen molar-refractivity contribution in [1.29, 1.82) is 0 Å². The summed E-state index contributed by atoms with van der Waals surface area (Å²) in [6.45, 7) is 5.34. The SMILES string of the molecule is CCCNC(c1ccc2c(c1)CCC2)C1COCCO1. The summed E-state index contributed by atoms with van der Waals surface area (Å²) < 4.78 is 11.5. The molecule has 3 heteroatoms. The van der Waals surface area contributed by atoms with Crippen molar-refractivity contribution in [2.45, 2.75) is 44.8 Å². The second-order valence-electron chi connectivity index (χ2n) is 5.80. The van der Waals surface area contributed by atoms with E-state index >= 15 is 0 Å². The quantitative estimate of drug-likeness (QED) is 0.896. The second-order valence-corrected chi connectivity index (χ2v) is 5.80. The number of rotatable bonds is 5. The lowest BCUT2D eigenvalue weighted by Gasteiger charge is -2.31. The molecular weight excluding hydrogens is 250 g/mol. The third kappa shape index (κ3) is 3.05. The van der Waals surface area contributed by atoms with Gasteiger partial charge in [-0.3, -0.25) is 0 Å². The fourth-order valence-electron chi connectivity index (χ4n) is 3.25. The molecule has 1 fully saturated rings. The minimum Gasteiger partial charge on any atom is -0.376 e. The molecule has 20 heavy (non-hydrogen) atoms. The summed E-state index contributed by atoms with van der Waals surface area (Å²) >= 11 is 0. The highest BCUT2D eigenvalue weighted by molar-refractivity contribution is 5.37. The number of fused-ring (bicyclic) bond motifs is 1. The molecule has 1 saturated heterocycles. The third-order valence-corrected chi connectivity index (χ3v) is 4.31. The summed E-state index contributed by atoms with van der Waals surface area (Å²) in [7, 11) is 0. The van der Waals surface area contributed by atoms with Gasteiger partial charge in [0.05, 0.1) is 25.9 Å². The molecule has 2 aliphatic rings. The molecule has 1 aliphatic heterocycles. The molecule has 0 aromatic heterocycles. The highest BCUT2D eigenvalue weighted by Gasteiger charge is 2.27. The van der Waals surface area contributed by atoms with E-state index in [9.17, 15) is 0 Å². The van der Waals surface area contributed by atoms with E-state index in [2.05, 4.69) is 30.4 Å². The zero-order chi connectivity index (χ0) is 13.8. The number of benzene rings is 1. The van der Waals surface area contributed by atoms with E-state index in [1.165, 1.54) is 36.0 Å². The molecule has 1 aromatic carbocycles. The van der Waals surface area contributed by atoms with Gasteiger partial charge in [0.1, 0.15) is 6.10 Å². The van der Waals surface area contributed by atoms with E-state index in [0.717, 1.165) is 19.6 Å². The van der Waals surface area contributed by atoms with E-state index < -0.39 is 0 Å². The van der Waals surface area contributed by atoms with Crippen molar-refractivity contribution in [1.82, 2.24) is 5.32 Å². The molecule has 3 rings (SSSR count).